The number of carbonyl (C=O) groups is 1. The minimum absolute atomic E-state index is 0.140. The molecule has 5 nitrogen and oxygen atoms in total. The molecular formula is C21H14N2O3. The van der Waals surface area contributed by atoms with E-state index in [-0.39, 0.29) is 5.43 Å². The second-order valence-electron chi connectivity index (χ2n) is 6.26. The minimum Gasteiger partial charge on any atom is -0.465 e. The van der Waals surface area contributed by atoms with Crippen LogP contribution in [-0.4, -0.2) is 23.0 Å². The lowest BCUT2D eigenvalue weighted by atomic mass is 10.1. The quantitative estimate of drug-likeness (QED) is 0.450. The van der Waals surface area contributed by atoms with Gasteiger partial charge >= 0.3 is 5.97 Å². The van der Waals surface area contributed by atoms with Crippen LogP contribution in [0.1, 0.15) is 10.4 Å². The van der Waals surface area contributed by atoms with Crippen LogP contribution in [0.3, 0.4) is 0 Å². The molecule has 5 rings (SSSR count). The van der Waals surface area contributed by atoms with Crippen molar-refractivity contribution >= 4 is 49.6 Å². The third-order valence-electron chi connectivity index (χ3n) is 4.87. The van der Waals surface area contributed by atoms with Crippen LogP contribution in [0.5, 0.6) is 0 Å². The molecule has 0 aliphatic carbocycles. The molecule has 2 aromatic heterocycles. The molecule has 0 bridgehead atoms. The van der Waals surface area contributed by atoms with Crippen molar-refractivity contribution in [3.63, 3.8) is 0 Å². The summed E-state index contributed by atoms with van der Waals surface area (Å²) in [5.41, 5.74) is 2.84. The number of benzene rings is 2. The van der Waals surface area contributed by atoms with Gasteiger partial charge in [0.25, 0.3) is 0 Å². The van der Waals surface area contributed by atoms with Gasteiger partial charge in [-0.25, -0.2) is 4.79 Å². The van der Waals surface area contributed by atoms with Crippen LogP contribution in [0, 0.1) is 0 Å². The molecule has 0 saturated heterocycles. The third kappa shape index (κ3) is 1.85. The first kappa shape index (κ1) is 14.7. The van der Waals surface area contributed by atoms with Gasteiger partial charge in [-0.1, -0.05) is 36.4 Å². The van der Waals surface area contributed by atoms with Gasteiger partial charge in [-0.05, 0) is 18.2 Å². The summed E-state index contributed by atoms with van der Waals surface area (Å²) < 4.78 is 4.99. The van der Waals surface area contributed by atoms with Gasteiger partial charge in [0.05, 0.1) is 29.1 Å². The Bertz CT molecular complexity index is 1410. The van der Waals surface area contributed by atoms with Crippen LogP contribution >= 0.6 is 0 Å². The Morgan fingerprint density at radius 1 is 0.846 bits per heavy atom. The summed E-state index contributed by atoms with van der Waals surface area (Å²) in [6, 6.07) is 16.9. The van der Waals surface area contributed by atoms with Crippen molar-refractivity contribution in [3.8, 4) is 0 Å². The van der Waals surface area contributed by atoms with E-state index in [1.807, 2.05) is 48.5 Å². The lowest BCUT2D eigenvalue weighted by molar-refractivity contribution is 0.0603. The molecule has 5 aromatic rings. The maximum absolute atomic E-state index is 13.4. The van der Waals surface area contributed by atoms with Crippen LogP contribution in [0.4, 0.5) is 0 Å². The zero-order chi connectivity index (χ0) is 17.8. The minimum atomic E-state index is -0.483. The molecule has 0 unspecified atom stereocenters. The molecule has 126 valence electrons. The zero-order valence-corrected chi connectivity index (χ0v) is 13.9. The Balaban J connectivity index is 2.15. The number of esters is 1. The van der Waals surface area contributed by atoms with Crippen molar-refractivity contribution in [1.82, 2.24) is 9.97 Å². The SMILES string of the molecule is COC(=O)c1cc2c([nH]c3ccccc32)c(=O)c2c1[nH]c1ccccc12. The number of hydrogen-bond donors (Lipinski definition) is 2. The van der Waals surface area contributed by atoms with Crippen LogP contribution in [0.25, 0.3) is 43.6 Å². The lowest BCUT2D eigenvalue weighted by Crippen LogP contribution is -2.02. The second kappa shape index (κ2) is 5.20. The summed E-state index contributed by atoms with van der Waals surface area (Å²) in [6.45, 7) is 0. The van der Waals surface area contributed by atoms with Gasteiger partial charge in [0, 0.05) is 27.2 Å². The number of aromatic amines is 2. The monoisotopic (exact) mass is 342 g/mol. The van der Waals surface area contributed by atoms with Crippen molar-refractivity contribution in [1.29, 1.82) is 0 Å². The Kier molecular flexibility index (Phi) is 2.94. The average Bonchev–Trinajstić information content (AvgIpc) is 3.20. The number of hydrogen-bond acceptors (Lipinski definition) is 3. The van der Waals surface area contributed by atoms with Crippen molar-refractivity contribution in [2.24, 2.45) is 0 Å². The average molecular weight is 342 g/mol. The topological polar surface area (TPSA) is 75.0 Å². The molecule has 0 saturated carbocycles. The van der Waals surface area contributed by atoms with Gasteiger partial charge in [0.1, 0.15) is 0 Å². The molecule has 0 atom stereocenters. The first-order chi connectivity index (χ1) is 12.7. The van der Waals surface area contributed by atoms with E-state index < -0.39 is 5.97 Å². The Morgan fingerprint density at radius 3 is 2.19 bits per heavy atom. The molecular weight excluding hydrogens is 328 g/mol. The molecule has 0 aliphatic rings. The van der Waals surface area contributed by atoms with E-state index in [0.717, 1.165) is 21.8 Å². The fourth-order valence-corrected chi connectivity index (χ4v) is 3.68. The van der Waals surface area contributed by atoms with Crippen molar-refractivity contribution in [2.75, 3.05) is 7.11 Å². The number of nitrogens with one attached hydrogen (secondary N) is 2. The molecule has 0 amide bonds. The highest BCUT2D eigenvalue weighted by atomic mass is 16.5. The first-order valence-electron chi connectivity index (χ1n) is 8.25. The molecule has 0 spiro atoms. The molecule has 2 N–H and O–H groups in total. The number of H-pyrrole nitrogens is 2. The Morgan fingerprint density at radius 2 is 1.46 bits per heavy atom. The number of para-hydroxylation sites is 2. The molecule has 0 aliphatic heterocycles. The first-order valence-corrected chi connectivity index (χ1v) is 8.25. The second-order valence-corrected chi connectivity index (χ2v) is 6.26. The van der Waals surface area contributed by atoms with Crippen LogP contribution in [0.15, 0.2) is 59.4 Å². The summed E-state index contributed by atoms with van der Waals surface area (Å²) in [5.74, 6) is -0.483. The van der Waals surface area contributed by atoms with Crippen LogP contribution in [-0.2, 0) is 4.74 Å². The van der Waals surface area contributed by atoms with E-state index in [2.05, 4.69) is 9.97 Å². The molecule has 3 aromatic carbocycles. The Hall–Kier alpha value is -3.60. The highest BCUT2D eigenvalue weighted by Gasteiger charge is 2.19. The van der Waals surface area contributed by atoms with E-state index in [0.29, 0.717) is 27.4 Å². The van der Waals surface area contributed by atoms with Crippen LogP contribution in [0.2, 0.25) is 0 Å². The van der Waals surface area contributed by atoms with Gasteiger partial charge in [-0.2, -0.15) is 0 Å². The summed E-state index contributed by atoms with van der Waals surface area (Å²) in [7, 11) is 1.34. The summed E-state index contributed by atoms with van der Waals surface area (Å²) in [6.07, 6.45) is 0. The molecule has 2 heterocycles. The number of carbonyl (C=O) groups excluding carboxylic acids is 1. The van der Waals surface area contributed by atoms with E-state index >= 15 is 0 Å². The van der Waals surface area contributed by atoms with Gasteiger partial charge in [-0.15, -0.1) is 0 Å². The molecule has 0 radical (unpaired) electrons. The fourth-order valence-electron chi connectivity index (χ4n) is 3.68. The van der Waals surface area contributed by atoms with Gasteiger partial charge in [0.2, 0.25) is 5.43 Å². The highest BCUT2D eigenvalue weighted by Crippen LogP contribution is 2.30. The van der Waals surface area contributed by atoms with Crippen molar-refractivity contribution < 1.29 is 9.53 Å². The van der Waals surface area contributed by atoms with Gasteiger partial charge in [-0.3, -0.25) is 4.79 Å². The van der Waals surface area contributed by atoms with E-state index in [4.69, 9.17) is 4.74 Å². The smallest absolute Gasteiger partial charge is 0.340 e. The maximum atomic E-state index is 13.4. The third-order valence-corrected chi connectivity index (χ3v) is 4.87. The van der Waals surface area contributed by atoms with Gasteiger partial charge in [0.15, 0.2) is 0 Å². The standard InChI is InChI=1S/C21H14N2O3/c1-26-21(25)14-10-13-11-6-2-4-8-15(11)23-19(13)20(24)17-12-7-3-5-9-16(12)22-18(14)17/h2-10,22-23H,1H3. The van der Waals surface area contributed by atoms with E-state index in [1.165, 1.54) is 7.11 Å². The number of methoxy groups -OCH3 is 1. The fraction of sp³-hybridized carbons (Fsp3) is 0.0476. The van der Waals surface area contributed by atoms with Crippen LogP contribution < -0.4 is 5.43 Å². The molecule has 0 fully saturated rings. The van der Waals surface area contributed by atoms with Crippen molar-refractivity contribution in [3.05, 3.63) is 70.4 Å². The Labute approximate surface area is 147 Å². The lowest BCUT2D eigenvalue weighted by Gasteiger charge is -1.97. The number of fused-ring (bicyclic) bond motifs is 6. The maximum Gasteiger partial charge on any atom is 0.340 e. The zero-order valence-electron chi connectivity index (χ0n) is 13.9. The van der Waals surface area contributed by atoms with E-state index in [9.17, 15) is 9.59 Å². The largest absolute Gasteiger partial charge is 0.465 e. The normalized spacial score (nSPS) is 11.6. The summed E-state index contributed by atoms with van der Waals surface area (Å²) in [5, 5.41) is 2.88. The summed E-state index contributed by atoms with van der Waals surface area (Å²) in [4.78, 5) is 32.3. The van der Waals surface area contributed by atoms with Crippen molar-refractivity contribution in [2.45, 2.75) is 0 Å². The number of ether oxygens (including phenoxy) is 1. The molecule has 5 heteroatoms. The predicted octanol–water partition coefficient (Wildman–Crippen LogP) is 4.10. The number of rotatable bonds is 1. The number of aromatic nitrogens is 2. The predicted molar refractivity (Wildman–Crippen MR) is 103 cm³/mol. The highest BCUT2D eigenvalue weighted by molar-refractivity contribution is 6.18. The van der Waals surface area contributed by atoms with E-state index in [1.54, 1.807) is 6.07 Å². The summed E-state index contributed by atoms with van der Waals surface area (Å²) >= 11 is 0. The molecule has 26 heavy (non-hydrogen) atoms. The van der Waals surface area contributed by atoms with Gasteiger partial charge < -0.3 is 14.7 Å².